The highest BCUT2D eigenvalue weighted by Gasteiger charge is 2.32. The fourth-order valence-electron chi connectivity index (χ4n) is 3.26. The summed E-state index contributed by atoms with van der Waals surface area (Å²) in [6.45, 7) is 1.93. The number of nitrogens with zero attached hydrogens (tertiary/aromatic N) is 4. The first-order valence-electron chi connectivity index (χ1n) is 9.29. The molecular formula is C20H20ClN5O2S. The van der Waals surface area contributed by atoms with Gasteiger partial charge in [0, 0.05) is 34.3 Å². The smallest absolute Gasteiger partial charge is 0.228 e. The van der Waals surface area contributed by atoms with E-state index in [9.17, 15) is 9.90 Å². The average Bonchev–Trinajstić information content (AvgIpc) is 3.35. The summed E-state index contributed by atoms with van der Waals surface area (Å²) in [7, 11) is 0. The molecule has 1 fully saturated rings. The minimum absolute atomic E-state index is 0.0307. The lowest BCUT2D eigenvalue weighted by Crippen LogP contribution is -2.36. The van der Waals surface area contributed by atoms with Crippen molar-refractivity contribution in [3.8, 4) is 10.6 Å². The molecule has 1 aromatic carbocycles. The summed E-state index contributed by atoms with van der Waals surface area (Å²) in [5.41, 5.74) is 1.01. The lowest BCUT2D eigenvalue weighted by molar-refractivity contribution is -0.117. The second-order valence-corrected chi connectivity index (χ2v) is 8.32. The maximum absolute atomic E-state index is 12.2. The first kappa shape index (κ1) is 19.8. The van der Waals surface area contributed by atoms with E-state index in [1.54, 1.807) is 28.5 Å². The van der Waals surface area contributed by atoms with Crippen LogP contribution in [0.4, 0.5) is 11.8 Å². The van der Waals surface area contributed by atoms with E-state index in [2.05, 4.69) is 20.3 Å². The number of aromatic nitrogens is 3. The Morgan fingerprint density at radius 1 is 1.31 bits per heavy atom. The quantitative estimate of drug-likeness (QED) is 0.617. The first-order chi connectivity index (χ1) is 14.0. The highest BCUT2D eigenvalue weighted by Crippen LogP contribution is 2.31. The Morgan fingerprint density at radius 2 is 2.10 bits per heavy atom. The summed E-state index contributed by atoms with van der Waals surface area (Å²) >= 11 is 7.54. The third-order valence-electron chi connectivity index (χ3n) is 4.81. The third kappa shape index (κ3) is 4.24. The summed E-state index contributed by atoms with van der Waals surface area (Å²) in [5, 5.41) is 14.4. The number of hydrogen-bond donors (Lipinski definition) is 2. The Kier molecular flexibility index (Phi) is 5.75. The number of aliphatic hydroxyl groups excluding tert-OH is 1. The van der Waals surface area contributed by atoms with Gasteiger partial charge >= 0.3 is 0 Å². The standard InChI is InChI=1S/C20H20ClN5O2S/c1-12(16-10-23-19(29-16)13-2-4-14(21)5-3-13)24-20-22-9-8-17(25-20)26-15(11-27)6-7-18(26)28/h2-5,8-10,12,15,27H,6-7,11H2,1H3,(H,22,24,25)/t12-,15?/m0/s1. The number of benzene rings is 1. The zero-order chi connectivity index (χ0) is 20.4. The maximum atomic E-state index is 12.2. The van der Waals surface area contributed by atoms with Crippen LogP contribution in [0.25, 0.3) is 10.6 Å². The van der Waals surface area contributed by atoms with Crippen molar-refractivity contribution in [1.29, 1.82) is 0 Å². The van der Waals surface area contributed by atoms with Gasteiger partial charge in [-0.1, -0.05) is 23.7 Å². The van der Waals surface area contributed by atoms with E-state index >= 15 is 0 Å². The highest BCUT2D eigenvalue weighted by molar-refractivity contribution is 7.15. The van der Waals surface area contributed by atoms with Crippen LogP contribution in [0.1, 0.15) is 30.7 Å². The predicted molar refractivity (Wildman–Crippen MR) is 114 cm³/mol. The van der Waals surface area contributed by atoms with Crippen molar-refractivity contribution in [2.24, 2.45) is 0 Å². The van der Waals surface area contributed by atoms with E-state index in [1.165, 1.54) is 0 Å². The molecule has 1 amide bonds. The van der Waals surface area contributed by atoms with Crippen molar-refractivity contribution in [1.82, 2.24) is 15.0 Å². The normalized spacial score (nSPS) is 17.6. The fraction of sp³-hybridized carbons (Fsp3) is 0.300. The van der Waals surface area contributed by atoms with Gasteiger partial charge in [0.15, 0.2) is 0 Å². The number of halogens is 1. The van der Waals surface area contributed by atoms with Gasteiger partial charge in [-0.3, -0.25) is 9.69 Å². The lowest BCUT2D eigenvalue weighted by Gasteiger charge is -2.22. The third-order valence-corrected chi connectivity index (χ3v) is 6.29. The molecule has 2 aromatic heterocycles. The molecule has 1 saturated heterocycles. The number of hydrogen-bond acceptors (Lipinski definition) is 7. The minimum atomic E-state index is -0.230. The van der Waals surface area contributed by atoms with Gasteiger partial charge in [-0.05, 0) is 31.5 Å². The average molecular weight is 430 g/mol. The molecule has 2 N–H and O–H groups in total. The number of carbonyl (C=O) groups excluding carboxylic acids is 1. The molecule has 1 aliphatic heterocycles. The first-order valence-corrected chi connectivity index (χ1v) is 10.5. The Balaban J connectivity index is 1.50. The van der Waals surface area contributed by atoms with E-state index in [0.29, 0.717) is 29.6 Å². The van der Waals surface area contributed by atoms with Crippen LogP contribution in [0.5, 0.6) is 0 Å². The summed E-state index contributed by atoms with van der Waals surface area (Å²) in [6.07, 6.45) is 4.50. The molecular weight excluding hydrogens is 410 g/mol. The Bertz CT molecular complexity index is 1010. The van der Waals surface area contributed by atoms with Gasteiger partial charge in [0.1, 0.15) is 10.8 Å². The van der Waals surface area contributed by atoms with Gasteiger partial charge < -0.3 is 10.4 Å². The van der Waals surface area contributed by atoms with Gasteiger partial charge in [0.25, 0.3) is 0 Å². The molecule has 3 aromatic rings. The van der Waals surface area contributed by atoms with Crippen molar-refractivity contribution in [2.75, 3.05) is 16.8 Å². The molecule has 9 heteroatoms. The Hall–Kier alpha value is -2.55. The van der Waals surface area contributed by atoms with Crippen molar-refractivity contribution < 1.29 is 9.90 Å². The summed E-state index contributed by atoms with van der Waals surface area (Å²) in [6, 6.07) is 8.97. The molecule has 150 valence electrons. The monoisotopic (exact) mass is 429 g/mol. The topological polar surface area (TPSA) is 91.2 Å². The molecule has 0 spiro atoms. The zero-order valence-corrected chi connectivity index (χ0v) is 17.3. The van der Waals surface area contributed by atoms with Crippen LogP contribution in [0.2, 0.25) is 5.02 Å². The van der Waals surface area contributed by atoms with Crippen molar-refractivity contribution in [3.63, 3.8) is 0 Å². The van der Waals surface area contributed by atoms with Crippen molar-refractivity contribution in [2.45, 2.75) is 31.8 Å². The number of thiazole rings is 1. The van der Waals surface area contributed by atoms with Crippen LogP contribution in [-0.4, -0.2) is 38.6 Å². The Morgan fingerprint density at radius 3 is 2.86 bits per heavy atom. The molecule has 0 aliphatic carbocycles. The van der Waals surface area contributed by atoms with Crippen molar-refractivity contribution in [3.05, 3.63) is 52.6 Å². The highest BCUT2D eigenvalue weighted by atomic mass is 35.5. The molecule has 1 unspecified atom stereocenters. The maximum Gasteiger partial charge on any atom is 0.228 e. The molecule has 3 heterocycles. The fourth-order valence-corrected chi connectivity index (χ4v) is 4.31. The summed E-state index contributed by atoms with van der Waals surface area (Å²) in [4.78, 5) is 28.0. The van der Waals surface area contributed by atoms with E-state index in [4.69, 9.17) is 11.6 Å². The van der Waals surface area contributed by atoms with Gasteiger partial charge in [0.2, 0.25) is 11.9 Å². The van der Waals surface area contributed by atoms with E-state index in [1.807, 2.05) is 37.4 Å². The summed E-state index contributed by atoms with van der Waals surface area (Å²) < 4.78 is 0. The predicted octanol–water partition coefficient (Wildman–Crippen LogP) is 3.91. The molecule has 1 aliphatic rings. The van der Waals surface area contributed by atoms with Crippen LogP contribution < -0.4 is 10.2 Å². The molecule has 7 nitrogen and oxygen atoms in total. The number of amides is 1. The largest absolute Gasteiger partial charge is 0.394 e. The van der Waals surface area contributed by atoms with E-state index in [0.717, 1.165) is 15.4 Å². The molecule has 4 rings (SSSR count). The second-order valence-electron chi connectivity index (χ2n) is 6.82. The number of rotatable bonds is 6. The van der Waals surface area contributed by atoms with Gasteiger partial charge in [-0.2, -0.15) is 4.98 Å². The number of aliphatic hydroxyl groups is 1. The van der Waals surface area contributed by atoms with Crippen LogP contribution in [0.3, 0.4) is 0 Å². The number of nitrogens with one attached hydrogen (secondary N) is 1. The van der Waals surface area contributed by atoms with Crippen LogP contribution in [0.15, 0.2) is 42.7 Å². The van der Waals surface area contributed by atoms with Gasteiger partial charge in [0.05, 0.1) is 18.7 Å². The number of carbonyl (C=O) groups is 1. The van der Waals surface area contributed by atoms with E-state index < -0.39 is 0 Å². The Labute approximate surface area is 177 Å². The second kappa shape index (κ2) is 8.44. The van der Waals surface area contributed by atoms with Crippen molar-refractivity contribution >= 4 is 40.6 Å². The molecule has 0 radical (unpaired) electrons. The SMILES string of the molecule is C[C@H](Nc1nccc(N2C(=O)CCC2CO)n1)c1cnc(-c2ccc(Cl)cc2)s1. The van der Waals surface area contributed by atoms with Gasteiger partial charge in [-0.25, -0.2) is 9.97 Å². The van der Waals surface area contributed by atoms with Crippen LogP contribution in [0, 0.1) is 0 Å². The molecule has 0 bridgehead atoms. The zero-order valence-electron chi connectivity index (χ0n) is 15.7. The summed E-state index contributed by atoms with van der Waals surface area (Å²) in [5.74, 6) is 0.895. The lowest BCUT2D eigenvalue weighted by atomic mass is 10.2. The molecule has 2 atom stereocenters. The van der Waals surface area contributed by atoms with Gasteiger partial charge in [-0.15, -0.1) is 11.3 Å². The molecule has 29 heavy (non-hydrogen) atoms. The minimum Gasteiger partial charge on any atom is -0.394 e. The number of anilines is 2. The van der Waals surface area contributed by atoms with E-state index in [-0.39, 0.29) is 24.6 Å². The van der Waals surface area contributed by atoms with Crippen LogP contribution in [-0.2, 0) is 4.79 Å². The van der Waals surface area contributed by atoms with Crippen LogP contribution >= 0.6 is 22.9 Å². The molecule has 0 saturated carbocycles.